The molecule has 0 spiro atoms. The minimum absolute atomic E-state index is 0.0755. The van der Waals surface area contributed by atoms with Crippen molar-refractivity contribution in [3.63, 3.8) is 0 Å². The van der Waals surface area contributed by atoms with Crippen molar-refractivity contribution in [1.29, 1.82) is 0 Å². The van der Waals surface area contributed by atoms with E-state index >= 15 is 0 Å². The fraction of sp³-hybridized carbons (Fsp3) is 0.214. The van der Waals surface area contributed by atoms with Gasteiger partial charge < -0.3 is 4.98 Å². The molecule has 0 amide bonds. The SMILES string of the molecule is CC(=O)c1c(C)[nH]c(-c2csc(-c3ccn[nH]3)n2)c1C. The second-order valence-electron chi connectivity index (χ2n) is 4.69. The van der Waals surface area contributed by atoms with E-state index in [1.54, 1.807) is 24.5 Å². The smallest absolute Gasteiger partial charge is 0.161 e. The van der Waals surface area contributed by atoms with Crippen molar-refractivity contribution in [2.45, 2.75) is 20.8 Å². The summed E-state index contributed by atoms with van der Waals surface area (Å²) in [6, 6.07) is 1.89. The average Bonchev–Trinajstić information content (AvgIpc) is 3.08. The average molecular weight is 286 g/mol. The molecule has 0 atom stereocenters. The molecule has 0 aliphatic carbocycles. The van der Waals surface area contributed by atoms with E-state index in [9.17, 15) is 4.79 Å². The van der Waals surface area contributed by atoms with Gasteiger partial charge >= 0.3 is 0 Å². The molecule has 0 aromatic carbocycles. The van der Waals surface area contributed by atoms with E-state index < -0.39 is 0 Å². The fourth-order valence-electron chi connectivity index (χ4n) is 2.42. The Morgan fingerprint density at radius 3 is 2.75 bits per heavy atom. The topological polar surface area (TPSA) is 74.4 Å². The predicted octanol–water partition coefficient (Wildman–Crippen LogP) is 3.35. The molecule has 6 heteroatoms. The van der Waals surface area contributed by atoms with E-state index in [0.29, 0.717) is 0 Å². The number of Topliss-reactive ketones (excluding diaryl/α,β-unsaturated/α-hetero) is 1. The van der Waals surface area contributed by atoms with Gasteiger partial charge in [0.2, 0.25) is 0 Å². The van der Waals surface area contributed by atoms with Crippen LogP contribution in [0.4, 0.5) is 0 Å². The normalized spacial score (nSPS) is 10.9. The highest BCUT2D eigenvalue weighted by Gasteiger charge is 2.18. The first-order valence-electron chi connectivity index (χ1n) is 6.23. The van der Waals surface area contributed by atoms with E-state index in [1.165, 1.54) is 0 Å². The second kappa shape index (κ2) is 4.72. The molecule has 0 saturated carbocycles. The van der Waals surface area contributed by atoms with Crippen LogP contribution in [-0.2, 0) is 0 Å². The number of rotatable bonds is 3. The molecule has 3 aromatic rings. The summed E-state index contributed by atoms with van der Waals surface area (Å²) in [5.41, 5.74) is 5.27. The molecule has 3 heterocycles. The first-order valence-corrected chi connectivity index (χ1v) is 7.11. The summed E-state index contributed by atoms with van der Waals surface area (Å²) in [6.45, 7) is 5.45. The van der Waals surface area contributed by atoms with Crippen LogP contribution in [0, 0.1) is 13.8 Å². The van der Waals surface area contributed by atoms with E-state index in [0.717, 1.165) is 38.9 Å². The number of nitrogens with zero attached hydrogens (tertiary/aromatic N) is 2. The number of carbonyl (C=O) groups excluding carboxylic acids is 1. The van der Waals surface area contributed by atoms with Crippen LogP contribution in [0.2, 0.25) is 0 Å². The number of H-pyrrole nitrogens is 2. The van der Waals surface area contributed by atoms with Gasteiger partial charge in [-0.3, -0.25) is 9.89 Å². The van der Waals surface area contributed by atoms with Crippen molar-refractivity contribution in [3.8, 4) is 22.1 Å². The Balaban J connectivity index is 2.06. The second-order valence-corrected chi connectivity index (χ2v) is 5.55. The molecule has 3 aromatic heterocycles. The molecule has 0 bridgehead atoms. The Hall–Kier alpha value is -2.21. The largest absolute Gasteiger partial charge is 0.356 e. The number of thiazole rings is 1. The predicted molar refractivity (Wildman–Crippen MR) is 79.0 cm³/mol. The van der Waals surface area contributed by atoms with Gasteiger partial charge in [0.15, 0.2) is 5.78 Å². The van der Waals surface area contributed by atoms with Crippen molar-refractivity contribution >= 4 is 17.1 Å². The number of carbonyl (C=O) groups is 1. The van der Waals surface area contributed by atoms with Crippen LogP contribution in [-0.4, -0.2) is 25.9 Å². The maximum absolute atomic E-state index is 11.7. The number of hydrogen-bond donors (Lipinski definition) is 2. The first kappa shape index (κ1) is 12.8. The Bertz CT molecular complexity index is 767. The molecule has 0 fully saturated rings. The third-order valence-electron chi connectivity index (χ3n) is 3.28. The maximum atomic E-state index is 11.7. The lowest BCUT2D eigenvalue weighted by Crippen LogP contribution is -1.94. The van der Waals surface area contributed by atoms with Crippen molar-refractivity contribution < 1.29 is 4.79 Å². The molecule has 0 unspecified atom stereocenters. The summed E-state index contributed by atoms with van der Waals surface area (Å²) in [6.07, 6.45) is 1.70. The zero-order valence-corrected chi connectivity index (χ0v) is 12.3. The number of aromatic nitrogens is 4. The van der Waals surface area contributed by atoms with Crippen LogP contribution < -0.4 is 0 Å². The summed E-state index contributed by atoms with van der Waals surface area (Å²) in [7, 11) is 0. The number of nitrogens with one attached hydrogen (secondary N) is 2. The minimum atomic E-state index is 0.0755. The molecule has 0 aliphatic rings. The zero-order chi connectivity index (χ0) is 14.3. The maximum Gasteiger partial charge on any atom is 0.161 e. The lowest BCUT2D eigenvalue weighted by molar-refractivity contribution is 0.101. The lowest BCUT2D eigenvalue weighted by Gasteiger charge is -1.96. The first-order chi connectivity index (χ1) is 9.58. The number of aromatic amines is 2. The van der Waals surface area contributed by atoms with Gasteiger partial charge in [0.05, 0.1) is 17.1 Å². The number of ketones is 1. The van der Waals surface area contributed by atoms with Crippen LogP contribution in [0.5, 0.6) is 0 Å². The van der Waals surface area contributed by atoms with Crippen molar-refractivity contribution in [1.82, 2.24) is 20.2 Å². The summed E-state index contributed by atoms with van der Waals surface area (Å²) in [4.78, 5) is 19.5. The lowest BCUT2D eigenvalue weighted by atomic mass is 10.1. The third kappa shape index (κ3) is 1.98. The summed E-state index contributed by atoms with van der Waals surface area (Å²) >= 11 is 1.55. The van der Waals surface area contributed by atoms with Crippen LogP contribution >= 0.6 is 11.3 Å². The van der Waals surface area contributed by atoms with Crippen LogP contribution in [0.1, 0.15) is 28.5 Å². The molecule has 0 aliphatic heterocycles. The van der Waals surface area contributed by atoms with Crippen LogP contribution in [0.25, 0.3) is 22.1 Å². The molecule has 5 nitrogen and oxygen atoms in total. The van der Waals surface area contributed by atoms with E-state index in [1.807, 2.05) is 25.3 Å². The Kier molecular flexibility index (Phi) is 3.02. The van der Waals surface area contributed by atoms with Gasteiger partial charge in [-0.2, -0.15) is 5.10 Å². The molecule has 0 radical (unpaired) electrons. The Labute approximate surface area is 120 Å². The molecule has 20 heavy (non-hydrogen) atoms. The molecule has 3 rings (SSSR count). The van der Waals surface area contributed by atoms with Crippen molar-refractivity contribution in [3.05, 3.63) is 34.5 Å². The molecule has 0 saturated heterocycles. The van der Waals surface area contributed by atoms with E-state index in [-0.39, 0.29) is 5.78 Å². The highest BCUT2D eigenvalue weighted by atomic mass is 32.1. The van der Waals surface area contributed by atoms with Gasteiger partial charge in [-0.25, -0.2) is 4.98 Å². The molecular weight excluding hydrogens is 272 g/mol. The van der Waals surface area contributed by atoms with Gasteiger partial charge in [-0.15, -0.1) is 11.3 Å². The summed E-state index contributed by atoms with van der Waals surface area (Å²) in [5.74, 6) is 0.0755. The molecular formula is C14H14N4OS. The highest BCUT2D eigenvalue weighted by Crippen LogP contribution is 2.31. The highest BCUT2D eigenvalue weighted by molar-refractivity contribution is 7.13. The monoisotopic (exact) mass is 286 g/mol. The Morgan fingerprint density at radius 1 is 1.35 bits per heavy atom. The van der Waals surface area contributed by atoms with Crippen molar-refractivity contribution in [2.75, 3.05) is 0 Å². The zero-order valence-electron chi connectivity index (χ0n) is 11.4. The summed E-state index contributed by atoms with van der Waals surface area (Å²) in [5, 5.41) is 9.70. The quantitative estimate of drug-likeness (QED) is 0.725. The number of hydrogen-bond acceptors (Lipinski definition) is 4. The standard InChI is InChI=1S/C14H14N4OS/c1-7-12(9(3)19)8(2)16-13(7)11-6-20-14(17-11)10-4-5-15-18-10/h4-6,16H,1-3H3,(H,15,18). The van der Waals surface area contributed by atoms with E-state index in [2.05, 4.69) is 20.2 Å². The number of aryl methyl sites for hydroxylation is 1. The minimum Gasteiger partial charge on any atom is -0.356 e. The molecule has 2 N–H and O–H groups in total. The molecule has 102 valence electrons. The van der Waals surface area contributed by atoms with Crippen LogP contribution in [0.3, 0.4) is 0 Å². The van der Waals surface area contributed by atoms with Gasteiger partial charge in [0, 0.05) is 22.8 Å². The van der Waals surface area contributed by atoms with Gasteiger partial charge in [0.1, 0.15) is 5.01 Å². The van der Waals surface area contributed by atoms with Gasteiger partial charge in [0.25, 0.3) is 0 Å². The van der Waals surface area contributed by atoms with E-state index in [4.69, 9.17) is 0 Å². The van der Waals surface area contributed by atoms with Gasteiger partial charge in [-0.1, -0.05) is 0 Å². The summed E-state index contributed by atoms with van der Waals surface area (Å²) < 4.78 is 0. The van der Waals surface area contributed by atoms with Crippen molar-refractivity contribution in [2.24, 2.45) is 0 Å². The Morgan fingerprint density at radius 2 is 2.15 bits per heavy atom. The fourth-order valence-corrected chi connectivity index (χ4v) is 3.21. The van der Waals surface area contributed by atoms with Gasteiger partial charge in [-0.05, 0) is 32.4 Å². The third-order valence-corrected chi connectivity index (χ3v) is 4.16. The van der Waals surface area contributed by atoms with Crippen LogP contribution in [0.15, 0.2) is 17.6 Å².